The fraction of sp³-hybridized carbons (Fsp3) is 0.417. The minimum atomic E-state index is -0.0756. The fourth-order valence-corrected chi connectivity index (χ4v) is 4.59. The molecule has 152 valence electrons. The van der Waals surface area contributed by atoms with Crippen molar-refractivity contribution in [3.8, 4) is 0 Å². The molecule has 1 aliphatic heterocycles. The van der Waals surface area contributed by atoms with E-state index in [0.717, 1.165) is 41.9 Å². The zero-order valence-electron chi connectivity index (χ0n) is 16.6. The monoisotopic (exact) mass is 410 g/mol. The molecule has 1 N–H and O–H groups in total. The van der Waals surface area contributed by atoms with Crippen LogP contribution in [-0.2, 0) is 17.6 Å². The molecule has 1 saturated carbocycles. The van der Waals surface area contributed by atoms with Crippen molar-refractivity contribution in [2.75, 3.05) is 18.4 Å². The van der Waals surface area contributed by atoms with Crippen molar-refractivity contribution in [1.29, 1.82) is 0 Å². The molecular weight excluding hydrogens is 384 g/mol. The minimum Gasteiger partial charge on any atom is -0.338 e. The van der Waals surface area contributed by atoms with Gasteiger partial charge in [0.05, 0.1) is 6.42 Å². The number of carbonyl (C=O) groups is 2. The van der Waals surface area contributed by atoms with Crippen molar-refractivity contribution < 1.29 is 9.59 Å². The largest absolute Gasteiger partial charge is 0.338 e. The standard InChI is InChI=1S/C24H27ClN2O2/c25-20-8-6-17(7-9-20)14-23(28)26-21-10-11-22-19(15-21)12-13-27(24(22)29)16-18-4-2-1-3-5-18/h6-11,15,18H,1-5,12-14,16H2,(H,26,28). The second-order valence-electron chi connectivity index (χ2n) is 8.23. The number of benzene rings is 2. The Morgan fingerprint density at radius 3 is 2.59 bits per heavy atom. The summed E-state index contributed by atoms with van der Waals surface area (Å²) in [5.74, 6) is 0.713. The Hall–Kier alpha value is -2.33. The third-order valence-corrected chi connectivity index (χ3v) is 6.29. The van der Waals surface area contributed by atoms with Crippen molar-refractivity contribution in [3.05, 3.63) is 64.2 Å². The lowest BCUT2D eigenvalue weighted by molar-refractivity contribution is -0.115. The number of anilines is 1. The third-order valence-electron chi connectivity index (χ3n) is 6.04. The summed E-state index contributed by atoms with van der Waals surface area (Å²) in [5, 5.41) is 3.61. The molecule has 2 aliphatic rings. The summed E-state index contributed by atoms with van der Waals surface area (Å²) in [7, 11) is 0. The van der Waals surface area contributed by atoms with E-state index in [0.29, 0.717) is 17.4 Å². The van der Waals surface area contributed by atoms with Crippen LogP contribution < -0.4 is 5.32 Å². The lowest BCUT2D eigenvalue weighted by Gasteiger charge is -2.33. The Labute approximate surface area is 177 Å². The molecule has 1 heterocycles. The molecule has 0 atom stereocenters. The molecule has 2 aromatic rings. The van der Waals surface area contributed by atoms with E-state index in [1.807, 2.05) is 35.2 Å². The summed E-state index contributed by atoms with van der Waals surface area (Å²) in [4.78, 5) is 27.3. The van der Waals surface area contributed by atoms with Crippen molar-refractivity contribution in [1.82, 2.24) is 4.90 Å². The van der Waals surface area contributed by atoms with Gasteiger partial charge < -0.3 is 10.2 Å². The second kappa shape index (κ2) is 9.00. The van der Waals surface area contributed by atoms with Gasteiger partial charge in [0.25, 0.3) is 5.91 Å². The first-order valence-corrected chi connectivity index (χ1v) is 10.9. The molecular formula is C24H27ClN2O2. The molecule has 5 heteroatoms. The van der Waals surface area contributed by atoms with E-state index in [4.69, 9.17) is 11.6 Å². The molecule has 4 rings (SSSR count). The average Bonchev–Trinajstić information content (AvgIpc) is 2.72. The van der Waals surface area contributed by atoms with Crippen LogP contribution in [0.25, 0.3) is 0 Å². The number of nitrogens with one attached hydrogen (secondary N) is 1. The number of halogens is 1. The van der Waals surface area contributed by atoms with E-state index in [1.165, 1.54) is 32.1 Å². The Morgan fingerprint density at radius 2 is 1.83 bits per heavy atom. The number of fused-ring (bicyclic) bond motifs is 1. The van der Waals surface area contributed by atoms with Gasteiger partial charge in [-0.15, -0.1) is 0 Å². The van der Waals surface area contributed by atoms with Crippen LogP contribution in [-0.4, -0.2) is 29.8 Å². The fourth-order valence-electron chi connectivity index (χ4n) is 4.46. The number of amides is 2. The van der Waals surface area contributed by atoms with E-state index in [1.54, 1.807) is 12.1 Å². The van der Waals surface area contributed by atoms with E-state index >= 15 is 0 Å². The smallest absolute Gasteiger partial charge is 0.254 e. The van der Waals surface area contributed by atoms with E-state index < -0.39 is 0 Å². The van der Waals surface area contributed by atoms with Crippen molar-refractivity contribution in [3.63, 3.8) is 0 Å². The minimum absolute atomic E-state index is 0.0756. The highest BCUT2D eigenvalue weighted by Gasteiger charge is 2.27. The van der Waals surface area contributed by atoms with Gasteiger partial charge >= 0.3 is 0 Å². The first kappa shape index (κ1) is 20.0. The van der Waals surface area contributed by atoms with Crippen LogP contribution in [0.3, 0.4) is 0 Å². The maximum atomic E-state index is 12.9. The van der Waals surface area contributed by atoms with Crippen molar-refractivity contribution in [2.24, 2.45) is 5.92 Å². The highest BCUT2D eigenvalue weighted by Crippen LogP contribution is 2.28. The first-order valence-electron chi connectivity index (χ1n) is 10.5. The molecule has 1 aliphatic carbocycles. The highest BCUT2D eigenvalue weighted by atomic mass is 35.5. The van der Waals surface area contributed by atoms with E-state index in [2.05, 4.69) is 5.32 Å². The van der Waals surface area contributed by atoms with Crippen LogP contribution in [0.4, 0.5) is 5.69 Å². The van der Waals surface area contributed by atoms with Crippen LogP contribution in [0.2, 0.25) is 5.02 Å². The van der Waals surface area contributed by atoms with Crippen LogP contribution in [0.1, 0.15) is 53.6 Å². The summed E-state index contributed by atoms with van der Waals surface area (Å²) in [6, 6.07) is 12.9. The number of rotatable bonds is 5. The van der Waals surface area contributed by atoms with Crippen LogP contribution in [0.5, 0.6) is 0 Å². The van der Waals surface area contributed by atoms with Crippen LogP contribution in [0, 0.1) is 5.92 Å². The Balaban J connectivity index is 1.38. The summed E-state index contributed by atoms with van der Waals surface area (Å²) >= 11 is 5.89. The molecule has 0 aromatic heterocycles. The molecule has 0 radical (unpaired) electrons. The van der Waals surface area contributed by atoms with Gasteiger partial charge in [-0.1, -0.05) is 43.0 Å². The van der Waals surface area contributed by atoms with Gasteiger partial charge in [0, 0.05) is 29.4 Å². The Bertz CT molecular complexity index is 888. The Morgan fingerprint density at radius 1 is 1.07 bits per heavy atom. The lowest BCUT2D eigenvalue weighted by atomic mass is 9.88. The van der Waals surface area contributed by atoms with Crippen molar-refractivity contribution in [2.45, 2.75) is 44.9 Å². The molecule has 29 heavy (non-hydrogen) atoms. The van der Waals surface area contributed by atoms with Gasteiger partial charge in [-0.25, -0.2) is 0 Å². The number of hydrogen-bond acceptors (Lipinski definition) is 2. The molecule has 0 saturated heterocycles. The molecule has 0 spiro atoms. The summed E-state index contributed by atoms with van der Waals surface area (Å²) < 4.78 is 0. The van der Waals surface area contributed by atoms with Gasteiger partial charge in [0.15, 0.2) is 0 Å². The SMILES string of the molecule is O=C(Cc1ccc(Cl)cc1)Nc1ccc2c(c1)CCN(CC1CCCCC1)C2=O. The molecule has 4 nitrogen and oxygen atoms in total. The zero-order chi connectivity index (χ0) is 20.2. The predicted octanol–water partition coefficient (Wildman–Crippen LogP) is 5.10. The number of nitrogens with zero attached hydrogens (tertiary/aromatic N) is 1. The topological polar surface area (TPSA) is 49.4 Å². The van der Waals surface area contributed by atoms with Crippen LogP contribution >= 0.6 is 11.6 Å². The van der Waals surface area contributed by atoms with E-state index in [9.17, 15) is 9.59 Å². The van der Waals surface area contributed by atoms with Gasteiger partial charge in [-0.2, -0.15) is 0 Å². The summed E-state index contributed by atoms with van der Waals surface area (Å²) in [6.45, 7) is 1.66. The summed E-state index contributed by atoms with van der Waals surface area (Å²) in [5.41, 5.74) is 3.47. The highest BCUT2D eigenvalue weighted by molar-refractivity contribution is 6.30. The number of carbonyl (C=O) groups excluding carboxylic acids is 2. The Kier molecular flexibility index (Phi) is 6.19. The molecule has 0 bridgehead atoms. The van der Waals surface area contributed by atoms with Gasteiger partial charge in [0.2, 0.25) is 5.91 Å². The zero-order valence-corrected chi connectivity index (χ0v) is 17.4. The predicted molar refractivity (Wildman–Crippen MR) is 116 cm³/mol. The third kappa shape index (κ3) is 4.99. The normalized spacial score (nSPS) is 17.1. The van der Waals surface area contributed by atoms with Crippen LogP contribution in [0.15, 0.2) is 42.5 Å². The van der Waals surface area contributed by atoms with Crippen molar-refractivity contribution >= 4 is 29.1 Å². The first-order chi connectivity index (χ1) is 14.1. The second-order valence-corrected chi connectivity index (χ2v) is 8.66. The van der Waals surface area contributed by atoms with E-state index in [-0.39, 0.29) is 11.8 Å². The summed E-state index contributed by atoms with van der Waals surface area (Å²) in [6.07, 6.45) is 7.55. The maximum absolute atomic E-state index is 12.9. The van der Waals surface area contributed by atoms with Gasteiger partial charge in [-0.3, -0.25) is 9.59 Å². The lowest BCUT2D eigenvalue weighted by Crippen LogP contribution is -2.41. The quantitative estimate of drug-likeness (QED) is 0.745. The average molecular weight is 411 g/mol. The molecule has 0 unspecified atom stereocenters. The maximum Gasteiger partial charge on any atom is 0.254 e. The van der Waals surface area contributed by atoms with Gasteiger partial charge in [0.1, 0.15) is 0 Å². The molecule has 2 amide bonds. The number of hydrogen-bond donors (Lipinski definition) is 1. The molecule has 1 fully saturated rings. The van der Waals surface area contributed by atoms with Gasteiger partial charge in [-0.05, 0) is 66.6 Å². The molecule has 2 aromatic carbocycles.